The molecule has 1 amide bonds. The number of ether oxygens (including phenoxy) is 3. The number of nitrogens with one attached hydrogen (secondary N) is 1. The highest BCUT2D eigenvalue weighted by atomic mass is 16.5. The van der Waals surface area contributed by atoms with Crippen molar-refractivity contribution in [1.29, 1.82) is 0 Å². The third kappa shape index (κ3) is 5.87. The van der Waals surface area contributed by atoms with E-state index in [4.69, 9.17) is 14.2 Å². The number of likely N-dealkylation sites (N-methyl/N-ethyl adjacent to an activating group) is 1. The minimum Gasteiger partial charge on any atom is -0.490 e. The molecule has 1 fully saturated rings. The third-order valence-corrected chi connectivity index (χ3v) is 4.96. The first-order valence-electron chi connectivity index (χ1n) is 10.2. The molecule has 29 heavy (non-hydrogen) atoms. The van der Waals surface area contributed by atoms with Crippen LogP contribution >= 0.6 is 0 Å². The molecule has 0 radical (unpaired) electrons. The molecule has 0 aromatic heterocycles. The van der Waals surface area contributed by atoms with Crippen LogP contribution in [0, 0.1) is 0 Å². The van der Waals surface area contributed by atoms with E-state index in [9.17, 15) is 4.79 Å². The molecule has 1 aliphatic heterocycles. The van der Waals surface area contributed by atoms with E-state index in [1.165, 1.54) is 0 Å². The normalized spacial score (nSPS) is 16.3. The predicted molar refractivity (Wildman–Crippen MR) is 113 cm³/mol. The quantitative estimate of drug-likeness (QED) is 0.657. The zero-order valence-electron chi connectivity index (χ0n) is 17.2. The number of likely N-dealkylation sites (tertiary alicyclic amines) is 1. The van der Waals surface area contributed by atoms with Crippen LogP contribution < -0.4 is 19.5 Å². The molecule has 1 aliphatic rings. The van der Waals surface area contributed by atoms with Crippen molar-refractivity contribution in [3.05, 3.63) is 54.1 Å². The van der Waals surface area contributed by atoms with Gasteiger partial charge < -0.3 is 24.4 Å². The molecule has 6 nitrogen and oxygen atoms in total. The summed E-state index contributed by atoms with van der Waals surface area (Å²) in [5.74, 6) is 2.04. The molecule has 1 unspecified atom stereocenters. The van der Waals surface area contributed by atoms with Gasteiger partial charge in [0, 0.05) is 24.7 Å². The van der Waals surface area contributed by atoms with Crippen molar-refractivity contribution in [2.75, 3.05) is 40.0 Å². The van der Waals surface area contributed by atoms with Gasteiger partial charge in [-0.25, -0.2) is 0 Å². The Labute approximate surface area is 172 Å². The number of hydrogen-bond donors (Lipinski definition) is 1. The van der Waals surface area contributed by atoms with Crippen molar-refractivity contribution in [1.82, 2.24) is 10.2 Å². The summed E-state index contributed by atoms with van der Waals surface area (Å²) in [5, 5.41) is 3.27. The number of para-hydroxylation sites is 1. The first kappa shape index (κ1) is 21.0. The fourth-order valence-electron chi connectivity index (χ4n) is 3.44. The van der Waals surface area contributed by atoms with Gasteiger partial charge in [0.25, 0.3) is 5.91 Å². The minimum atomic E-state index is 0.0323. The predicted octanol–water partition coefficient (Wildman–Crippen LogP) is 3.37. The molecular weight excluding hydrogens is 368 g/mol. The number of hydrogen-bond acceptors (Lipinski definition) is 5. The first-order valence-corrected chi connectivity index (χ1v) is 10.2. The van der Waals surface area contributed by atoms with Crippen LogP contribution in [0.1, 0.15) is 30.1 Å². The van der Waals surface area contributed by atoms with Crippen LogP contribution in [0.25, 0.3) is 0 Å². The molecule has 3 rings (SSSR count). The van der Waals surface area contributed by atoms with Crippen molar-refractivity contribution < 1.29 is 19.0 Å². The van der Waals surface area contributed by atoms with Crippen LogP contribution in [-0.4, -0.2) is 56.8 Å². The van der Waals surface area contributed by atoms with Gasteiger partial charge in [-0.1, -0.05) is 18.2 Å². The van der Waals surface area contributed by atoms with Crippen molar-refractivity contribution in [3.63, 3.8) is 0 Å². The van der Waals surface area contributed by atoms with E-state index in [0.29, 0.717) is 42.9 Å². The van der Waals surface area contributed by atoms with Gasteiger partial charge in [-0.3, -0.25) is 4.79 Å². The van der Waals surface area contributed by atoms with E-state index in [1.807, 2.05) is 49.2 Å². The average molecular weight is 399 g/mol. The highest BCUT2D eigenvalue weighted by Gasteiger charge is 2.24. The summed E-state index contributed by atoms with van der Waals surface area (Å²) in [6.07, 6.45) is 2.11. The molecule has 2 aromatic rings. The molecule has 1 heterocycles. The molecule has 0 aliphatic carbocycles. The van der Waals surface area contributed by atoms with E-state index in [0.717, 1.165) is 31.7 Å². The van der Waals surface area contributed by atoms with E-state index in [2.05, 4.69) is 5.32 Å². The molecule has 0 spiro atoms. The topological polar surface area (TPSA) is 60.0 Å². The molecule has 0 bridgehead atoms. The average Bonchev–Trinajstić information content (AvgIpc) is 2.78. The highest BCUT2D eigenvalue weighted by molar-refractivity contribution is 5.95. The van der Waals surface area contributed by atoms with Crippen LogP contribution in [0.15, 0.2) is 48.5 Å². The summed E-state index contributed by atoms with van der Waals surface area (Å²) >= 11 is 0. The summed E-state index contributed by atoms with van der Waals surface area (Å²) < 4.78 is 17.2. The molecule has 1 atom stereocenters. The fourth-order valence-corrected chi connectivity index (χ4v) is 3.44. The maximum atomic E-state index is 12.9. The molecule has 0 saturated carbocycles. The second kappa shape index (κ2) is 10.7. The van der Waals surface area contributed by atoms with Gasteiger partial charge in [0.2, 0.25) is 0 Å². The van der Waals surface area contributed by atoms with Crippen LogP contribution in [0.4, 0.5) is 0 Å². The Morgan fingerprint density at radius 3 is 2.62 bits per heavy atom. The summed E-state index contributed by atoms with van der Waals surface area (Å²) in [6.45, 7) is 4.75. The minimum absolute atomic E-state index is 0.0323. The number of rotatable bonds is 9. The zero-order valence-corrected chi connectivity index (χ0v) is 17.2. The smallest absolute Gasteiger partial charge is 0.254 e. The molecule has 1 saturated heterocycles. The van der Waals surface area contributed by atoms with Crippen molar-refractivity contribution in [3.8, 4) is 17.2 Å². The van der Waals surface area contributed by atoms with Gasteiger partial charge in [0.1, 0.15) is 19.0 Å². The number of carbonyl (C=O) groups is 1. The largest absolute Gasteiger partial charge is 0.490 e. The Bertz CT molecular complexity index is 782. The Morgan fingerprint density at radius 1 is 1.07 bits per heavy atom. The Hall–Kier alpha value is -2.73. The molecule has 1 N–H and O–H groups in total. The molecule has 156 valence electrons. The van der Waals surface area contributed by atoms with Crippen LogP contribution in [0.5, 0.6) is 17.2 Å². The van der Waals surface area contributed by atoms with Crippen molar-refractivity contribution >= 4 is 5.91 Å². The van der Waals surface area contributed by atoms with Gasteiger partial charge in [-0.2, -0.15) is 0 Å². The lowest BCUT2D eigenvalue weighted by Gasteiger charge is -2.32. The number of piperidine rings is 1. The van der Waals surface area contributed by atoms with Gasteiger partial charge in [-0.15, -0.1) is 0 Å². The molecular formula is C23H30N2O4. The lowest BCUT2D eigenvalue weighted by Crippen LogP contribution is -2.46. The van der Waals surface area contributed by atoms with Gasteiger partial charge in [-0.05, 0) is 57.1 Å². The lowest BCUT2D eigenvalue weighted by molar-refractivity contribution is 0.0697. The number of nitrogens with zero attached hydrogens (tertiary/aromatic N) is 1. The second-order valence-corrected chi connectivity index (χ2v) is 6.98. The monoisotopic (exact) mass is 398 g/mol. The van der Waals surface area contributed by atoms with E-state index >= 15 is 0 Å². The lowest BCUT2D eigenvalue weighted by atomic mass is 10.0. The zero-order chi connectivity index (χ0) is 20.5. The number of benzene rings is 2. The van der Waals surface area contributed by atoms with Gasteiger partial charge in [0.05, 0.1) is 6.61 Å². The first-order chi connectivity index (χ1) is 14.2. The Balaban J connectivity index is 1.61. The molecule has 2 aromatic carbocycles. The van der Waals surface area contributed by atoms with E-state index in [1.54, 1.807) is 18.2 Å². The fraction of sp³-hybridized carbons (Fsp3) is 0.435. The summed E-state index contributed by atoms with van der Waals surface area (Å²) in [6, 6.07) is 15.4. The van der Waals surface area contributed by atoms with Crippen molar-refractivity contribution in [2.45, 2.75) is 25.8 Å². The Morgan fingerprint density at radius 2 is 1.86 bits per heavy atom. The number of carbonyl (C=O) groups excluding carboxylic acids is 1. The summed E-state index contributed by atoms with van der Waals surface area (Å²) in [4.78, 5) is 14.8. The van der Waals surface area contributed by atoms with Crippen LogP contribution in [0.3, 0.4) is 0 Å². The number of amides is 1. The van der Waals surface area contributed by atoms with Crippen molar-refractivity contribution in [2.24, 2.45) is 0 Å². The van der Waals surface area contributed by atoms with Crippen LogP contribution in [-0.2, 0) is 0 Å². The standard InChI is InChI=1S/C23H30N2O4/c1-3-27-22-16-18(23(26)25-13-7-8-19(17-25)24-2)11-12-21(22)29-15-14-28-20-9-5-4-6-10-20/h4-6,9-12,16,19,24H,3,7-8,13-15,17H2,1-2H3. The SMILES string of the molecule is CCOc1cc(C(=O)N2CCCC(NC)C2)ccc1OCCOc1ccccc1. The summed E-state index contributed by atoms with van der Waals surface area (Å²) in [7, 11) is 1.94. The highest BCUT2D eigenvalue weighted by Crippen LogP contribution is 2.29. The van der Waals surface area contributed by atoms with Gasteiger partial charge >= 0.3 is 0 Å². The molecule has 6 heteroatoms. The summed E-state index contributed by atoms with van der Waals surface area (Å²) in [5.41, 5.74) is 0.623. The van der Waals surface area contributed by atoms with Gasteiger partial charge in [0.15, 0.2) is 11.5 Å². The maximum Gasteiger partial charge on any atom is 0.254 e. The van der Waals surface area contributed by atoms with Crippen LogP contribution in [0.2, 0.25) is 0 Å². The second-order valence-electron chi connectivity index (χ2n) is 6.98. The maximum absolute atomic E-state index is 12.9. The third-order valence-electron chi connectivity index (χ3n) is 4.96. The Kier molecular flexibility index (Phi) is 7.76. The van der Waals surface area contributed by atoms with E-state index in [-0.39, 0.29) is 5.91 Å². The van der Waals surface area contributed by atoms with E-state index < -0.39 is 0 Å².